The summed E-state index contributed by atoms with van der Waals surface area (Å²) in [6.45, 7) is 15.4. The van der Waals surface area contributed by atoms with Crippen LogP contribution in [-0.4, -0.2) is 88.7 Å². The maximum atomic E-state index is 5.58. The molecule has 5 heteroatoms. The summed E-state index contributed by atoms with van der Waals surface area (Å²) in [6.07, 6.45) is 0. The molecule has 0 saturated carbocycles. The van der Waals surface area contributed by atoms with E-state index in [-0.39, 0.29) is 0 Å². The zero-order chi connectivity index (χ0) is 13.8. The third-order valence-electron chi connectivity index (χ3n) is 3.41. The van der Waals surface area contributed by atoms with Crippen LogP contribution in [0.25, 0.3) is 0 Å². The smallest absolute Gasteiger partial charge is 0.0701 e. The summed E-state index contributed by atoms with van der Waals surface area (Å²) in [5.41, 5.74) is 0. The van der Waals surface area contributed by atoms with Gasteiger partial charge in [0.25, 0.3) is 0 Å². The lowest BCUT2D eigenvalue weighted by molar-refractivity contribution is 0.00995. The predicted octanol–water partition coefficient (Wildman–Crippen LogP) is 0.694. The summed E-state index contributed by atoms with van der Waals surface area (Å²) < 4.78 is 16.1. The fraction of sp³-hybridized carbons (Fsp3) is 1.00. The van der Waals surface area contributed by atoms with Crippen LogP contribution in [0.1, 0.15) is 13.8 Å². The molecule has 0 amide bonds. The number of hydrogen-bond acceptors (Lipinski definition) is 5. The second kappa shape index (κ2) is 11.6. The Morgan fingerprint density at radius 3 is 1.79 bits per heavy atom. The molecule has 1 aliphatic rings. The van der Waals surface area contributed by atoms with Crippen molar-refractivity contribution in [3.8, 4) is 0 Å². The molecule has 0 aliphatic carbocycles. The quantitative estimate of drug-likeness (QED) is 0.518. The third kappa shape index (κ3) is 8.55. The topological polar surface area (TPSA) is 34.2 Å². The number of hydrogen-bond donors (Lipinski definition) is 0. The van der Waals surface area contributed by atoms with Gasteiger partial charge in [0.2, 0.25) is 0 Å². The summed E-state index contributed by atoms with van der Waals surface area (Å²) in [7, 11) is 0. The van der Waals surface area contributed by atoms with Crippen molar-refractivity contribution in [1.82, 2.24) is 9.80 Å². The van der Waals surface area contributed by atoms with E-state index in [9.17, 15) is 0 Å². The standard InChI is InChI=1S/C14H30N2O3/c1-3-15-5-7-16(8-6-15)9-10-18-13-14-19-12-11-17-4-2/h3-14H2,1-2H3. The van der Waals surface area contributed by atoms with E-state index in [2.05, 4.69) is 16.7 Å². The van der Waals surface area contributed by atoms with Gasteiger partial charge in [0.05, 0.1) is 33.0 Å². The van der Waals surface area contributed by atoms with Crippen LogP contribution in [0.2, 0.25) is 0 Å². The molecular formula is C14H30N2O3. The highest BCUT2D eigenvalue weighted by Gasteiger charge is 2.14. The van der Waals surface area contributed by atoms with Gasteiger partial charge in [-0.25, -0.2) is 0 Å². The number of nitrogens with zero attached hydrogens (tertiary/aromatic N) is 2. The molecule has 1 aliphatic heterocycles. The predicted molar refractivity (Wildman–Crippen MR) is 76.7 cm³/mol. The van der Waals surface area contributed by atoms with E-state index >= 15 is 0 Å². The molecule has 0 N–H and O–H groups in total. The van der Waals surface area contributed by atoms with Gasteiger partial charge in [-0.3, -0.25) is 4.90 Å². The maximum absolute atomic E-state index is 5.58. The van der Waals surface area contributed by atoms with E-state index in [0.717, 1.165) is 19.8 Å². The van der Waals surface area contributed by atoms with Crippen LogP contribution in [0.15, 0.2) is 0 Å². The molecule has 1 heterocycles. The van der Waals surface area contributed by atoms with Gasteiger partial charge < -0.3 is 19.1 Å². The first-order chi connectivity index (χ1) is 9.36. The monoisotopic (exact) mass is 274 g/mol. The molecule has 5 nitrogen and oxygen atoms in total. The summed E-state index contributed by atoms with van der Waals surface area (Å²) in [5.74, 6) is 0. The molecule has 0 radical (unpaired) electrons. The third-order valence-corrected chi connectivity index (χ3v) is 3.41. The Labute approximate surface area is 117 Å². The van der Waals surface area contributed by atoms with Gasteiger partial charge in [-0.15, -0.1) is 0 Å². The molecule has 0 unspecified atom stereocenters. The minimum absolute atomic E-state index is 0.663. The van der Waals surface area contributed by atoms with Gasteiger partial charge >= 0.3 is 0 Å². The Bertz CT molecular complexity index is 197. The Balaban J connectivity index is 1.81. The van der Waals surface area contributed by atoms with Crippen molar-refractivity contribution >= 4 is 0 Å². The van der Waals surface area contributed by atoms with Gasteiger partial charge in [-0.1, -0.05) is 6.92 Å². The molecule has 0 aromatic carbocycles. The number of piperazine rings is 1. The van der Waals surface area contributed by atoms with Crippen LogP contribution in [-0.2, 0) is 14.2 Å². The van der Waals surface area contributed by atoms with Gasteiger partial charge in [0.15, 0.2) is 0 Å². The fourth-order valence-corrected chi connectivity index (χ4v) is 2.11. The van der Waals surface area contributed by atoms with Crippen LogP contribution in [0.5, 0.6) is 0 Å². The molecule has 1 saturated heterocycles. The number of ether oxygens (including phenoxy) is 3. The minimum atomic E-state index is 0.663. The molecule has 0 bridgehead atoms. The van der Waals surface area contributed by atoms with E-state index in [1.165, 1.54) is 32.7 Å². The van der Waals surface area contributed by atoms with Gasteiger partial charge in [0.1, 0.15) is 0 Å². The summed E-state index contributed by atoms with van der Waals surface area (Å²) in [6, 6.07) is 0. The van der Waals surface area contributed by atoms with Crippen molar-refractivity contribution in [3.05, 3.63) is 0 Å². The number of likely N-dealkylation sites (N-methyl/N-ethyl adjacent to an activating group) is 1. The van der Waals surface area contributed by atoms with Crippen LogP contribution < -0.4 is 0 Å². The largest absolute Gasteiger partial charge is 0.379 e. The number of rotatable bonds is 11. The Hall–Kier alpha value is -0.200. The molecule has 19 heavy (non-hydrogen) atoms. The molecule has 0 atom stereocenters. The minimum Gasteiger partial charge on any atom is -0.379 e. The van der Waals surface area contributed by atoms with E-state index in [1.807, 2.05) is 6.92 Å². The summed E-state index contributed by atoms with van der Waals surface area (Å²) >= 11 is 0. The van der Waals surface area contributed by atoms with Crippen molar-refractivity contribution in [1.29, 1.82) is 0 Å². The second-order valence-corrected chi connectivity index (χ2v) is 4.70. The van der Waals surface area contributed by atoms with Crippen LogP contribution >= 0.6 is 0 Å². The molecule has 0 spiro atoms. The normalized spacial score (nSPS) is 18.0. The van der Waals surface area contributed by atoms with Crippen LogP contribution in [0.3, 0.4) is 0 Å². The van der Waals surface area contributed by atoms with Crippen molar-refractivity contribution in [2.45, 2.75) is 13.8 Å². The van der Waals surface area contributed by atoms with E-state index < -0.39 is 0 Å². The van der Waals surface area contributed by atoms with E-state index in [4.69, 9.17) is 14.2 Å². The molecule has 0 aromatic heterocycles. The van der Waals surface area contributed by atoms with Crippen molar-refractivity contribution in [2.75, 3.05) is 78.9 Å². The van der Waals surface area contributed by atoms with E-state index in [1.54, 1.807) is 0 Å². The summed E-state index contributed by atoms with van der Waals surface area (Å²) in [4.78, 5) is 4.96. The highest BCUT2D eigenvalue weighted by atomic mass is 16.5. The first-order valence-electron chi connectivity index (χ1n) is 7.54. The van der Waals surface area contributed by atoms with Crippen molar-refractivity contribution < 1.29 is 14.2 Å². The van der Waals surface area contributed by atoms with Gasteiger partial charge in [-0.05, 0) is 13.5 Å². The molecular weight excluding hydrogens is 244 g/mol. The highest BCUT2D eigenvalue weighted by molar-refractivity contribution is 4.70. The lowest BCUT2D eigenvalue weighted by Crippen LogP contribution is -2.47. The maximum Gasteiger partial charge on any atom is 0.0701 e. The van der Waals surface area contributed by atoms with Gasteiger partial charge in [-0.2, -0.15) is 0 Å². The fourth-order valence-electron chi connectivity index (χ4n) is 2.11. The second-order valence-electron chi connectivity index (χ2n) is 4.70. The molecule has 1 fully saturated rings. The first-order valence-corrected chi connectivity index (χ1v) is 7.54. The average Bonchev–Trinajstić information content (AvgIpc) is 2.46. The Morgan fingerprint density at radius 1 is 0.684 bits per heavy atom. The van der Waals surface area contributed by atoms with E-state index in [0.29, 0.717) is 26.4 Å². The lowest BCUT2D eigenvalue weighted by Gasteiger charge is -2.33. The van der Waals surface area contributed by atoms with Crippen LogP contribution in [0.4, 0.5) is 0 Å². The molecule has 1 rings (SSSR count). The van der Waals surface area contributed by atoms with Crippen molar-refractivity contribution in [3.63, 3.8) is 0 Å². The summed E-state index contributed by atoms with van der Waals surface area (Å²) in [5, 5.41) is 0. The Morgan fingerprint density at radius 2 is 1.21 bits per heavy atom. The molecule has 114 valence electrons. The zero-order valence-electron chi connectivity index (χ0n) is 12.6. The average molecular weight is 274 g/mol. The zero-order valence-corrected chi connectivity index (χ0v) is 12.6. The highest BCUT2D eigenvalue weighted by Crippen LogP contribution is 2.00. The Kier molecular flexibility index (Phi) is 10.3. The molecule has 0 aromatic rings. The van der Waals surface area contributed by atoms with Crippen molar-refractivity contribution in [2.24, 2.45) is 0 Å². The first kappa shape index (κ1) is 16.9. The SMILES string of the molecule is CCOCCOCCOCCN1CCN(CC)CC1. The van der Waals surface area contributed by atoms with Gasteiger partial charge in [0, 0.05) is 39.3 Å². The lowest BCUT2D eigenvalue weighted by atomic mass is 10.3. The van der Waals surface area contributed by atoms with Crippen LogP contribution in [0, 0.1) is 0 Å².